The number of halogens is 1. The van der Waals surface area contributed by atoms with Crippen LogP contribution in [0.3, 0.4) is 0 Å². The first kappa shape index (κ1) is 15.6. The minimum absolute atomic E-state index is 0.126. The monoisotopic (exact) mass is 321 g/mol. The third-order valence-electron chi connectivity index (χ3n) is 4.90. The van der Waals surface area contributed by atoms with Crippen LogP contribution in [0.5, 0.6) is 0 Å². The number of ether oxygens (including phenoxy) is 1. The zero-order valence-corrected chi connectivity index (χ0v) is 13.7. The topological polar surface area (TPSA) is 50.8 Å². The number of nitrogens with two attached hydrogens (primary N) is 1. The van der Waals surface area contributed by atoms with Crippen LogP contribution in [0.4, 0.5) is 0 Å². The van der Waals surface area contributed by atoms with Gasteiger partial charge in [-0.25, -0.2) is 0 Å². The summed E-state index contributed by atoms with van der Waals surface area (Å²) in [5.74, 6) is 0.656. The highest BCUT2D eigenvalue weighted by atomic mass is 35.5. The maximum Gasteiger partial charge on any atom is 0.191 e. The van der Waals surface area contributed by atoms with Gasteiger partial charge in [0.25, 0.3) is 0 Å². The molecule has 1 saturated carbocycles. The lowest BCUT2D eigenvalue weighted by atomic mass is 9.79. The second-order valence-electron chi connectivity index (χ2n) is 6.27. The van der Waals surface area contributed by atoms with Crippen LogP contribution in [-0.4, -0.2) is 43.7 Å². The molecule has 1 saturated heterocycles. The van der Waals surface area contributed by atoms with E-state index in [0.717, 1.165) is 37.9 Å². The van der Waals surface area contributed by atoms with Gasteiger partial charge >= 0.3 is 0 Å². The zero-order chi connectivity index (χ0) is 15.4. The van der Waals surface area contributed by atoms with Gasteiger partial charge in [-0.15, -0.1) is 0 Å². The maximum absolute atomic E-state index is 6.19. The normalized spacial score (nSPS) is 22.0. The van der Waals surface area contributed by atoms with Crippen LogP contribution in [-0.2, 0) is 10.2 Å². The van der Waals surface area contributed by atoms with Crippen LogP contribution in [0.25, 0.3) is 0 Å². The summed E-state index contributed by atoms with van der Waals surface area (Å²) in [6.07, 6.45) is 4.87. The van der Waals surface area contributed by atoms with E-state index < -0.39 is 0 Å². The molecule has 1 heterocycles. The van der Waals surface area contributed by atoms with Crippen LogP contribution in [0.1, 0.15) is 31.2 Å². The van der Waals surface area contributed by atoms with E-state index in [2.05, 4.69) is 17.0 Å². The molecule has 0 amide bonds. The average molecular weight is 322 g/mol. The summed E-state index contributed by atoms with van der Waals surface area (Å²) in [4.78, 5) is 6.85. The molecular formula is C17H24ClN3O. The molecule has 1 aromatic carbocycles. The van der Waals surface area contributed by atoms with Gasteiger partial charge in [0.1, 0.15) is 0 Å². The Labute approximate surface area is 137 Å². The number of aliphatic imine (C=N–C) groups is 1. The summed E-state index contributed by atoms with van der Waals surface area (Å²) in [6.45, 7) is 3.90. The number of hydrogen-bond acceptors (Lipinski definition) is 2. The maximum atomic E-state index is 6.19. The predicted octanol–water partition coefficient (Wildman–Crippen LogP) is 2.80. The lowest BCUT2D eigenvalue weighted by Crippen LogP contribution is -2.45. The van der Waals surface area contributed by atoms with E-state index >= 15 is 0 Å². The Balaban J connectivity index is 1.75. The zero-order valence-electron chi connectivity index (χ0n) is 12.9. The fourth-order valence-corrected chi connectivity index (χ4v) is 3.64. The molecular weight excluding hydrogens is 298 g/mol. The molecule has 3 rings (SSSR count). The molecule has 0 spiro atoms. The Morgan fingerprint density at radius 2 is 1.82 bits per heavy atom. The molecule has 0 radical (unpaired) electrons. The summed E-state index contributed by atoms with van der Waals surface area (Å²) in [7, 11) is 0. The van der Waals surface area contributed by atoms with E-state index in [4.69, 9.17) is 27.1 Å². The molecule has 22 heavy (non-hydrogen) atoms. The summed E-state index contributed by atoms with van der Waals surface area (Å²) in [5, 5.41) is 0.785. The summed E-state index contributed by atoms with van der Waals surface area (Å²) in [5.41, 5.74) is 7.65. The summed E-state index contributed by atoms with van der Waals surface area (Å²) in [6, 6.07) is 8.25. The van der Waals surface area contributed by atoms with Crippen LogP contribution in [0, 0.1) is 0 Å². The lowest BCUT2D eigenvalue weighted by Gasteiger charge is -2.31. The van der Waals surface area contributed by atoms with Crippen LogP contribution >= 0.6 is 11.6 Å². The SMILES string of the molecule is NC(=NCC1(c2ccc(Cl)cc2)CCCC1)N1CCOCC1. The molecule has 1 aliphatic carbocycles. The average Bonchev–Trinajstić information content (AvgIpc) is 3.04. The van der Waals surface area contributed by atoms with E-state index in [0.29, 0.717) is 5.96 Å². The van der Waals surface area contributed by atoms with Crippen molar-refractivity contribution in [3.63, 3.8) is 0 Å². The van der Waals surface area contributed by atoms with Crippen molar-refractivity contribution in [1.82, 2.24) is 4.90 Å². The number of guanidine groups is 1. The van der Waals surface area contributed by atoms with Crippen molar-refractivity contribution < 1.29 is 4.74 Å². The van der Waals surface area contributed by atoms with Gasteiger partial charge in [0, 0.05) is 23.5 Å². The fourth-order valence-electron chi connectivity index (χ4n) is 3.52. The van der Waals surface area contributed by atoms with Crippen LogP contribution in [0.15, 0.2) is 29.3 Å². The molecule has 1 aromatic rings. The number of nitrogens with zero attached hydrogens (tertiary/aromatic N) is 2. The van der Waals surface area contributed by atoms with Gasteiger partial charge in [-0.2, -0.15) is 0 Å². The fraction of sp³-hybridized carbons (Fsp3) is 0.588. The Morgan fingerprint density at radius 1 is 1.18 bits per heavy atom. The molecule has 2 N–H and O–H groups in total. The first-order valence-corrected chi connectivity index (χ1v) is 8.46. The summed E-state index contributed by atoms with van der Waals surface area (Å²) >= 11 is 6.03. The highest BCUT2D eigenvalue weighted by molar-refractivity contribution is 6.30. The quantitative estimate of drug-likeness (QED) is 0.688. The smallest absolute Gasteiger partial charge is 0.191 e. The van der Waals surface area contributed by atoms with Gasteiger partial charge in [0.2, 0.25) is 0 Å². The van der Waals surface area contributed by atoms with Crippen molar-refractivity contribution in [3.05, 3.63) is 34.9 Å². The van der Waals surface area contributed by atoms with Crippen molar-refractivity contribution in [2.75, 3.05) is 32.8 Å². The van der Waals surface area contributed by atoms with E-state index in [1.165, 1.54) is 31.2 Å². The van der Waals surface area contributed by atoms with Crippen molar-refractivity contribution in [2.45, 2.75) is 31.1 Å². The number of hydrogen-bond donors (Lipinski definition) is 1. The highest BCUT2D eigenvalue weighted by Crippen LogP contribution is 2.41. The lowest BCUT2D eigenvalue weighted by molar-refractivity contribution is 0.0673. The second-order valence-corrected chi connectivity index (χ2v) is 6.70. The Hall–Kier alpha value is -1.26. The molecule has 0 atom stereocenters. The van der Waals surface area contributed by atoms with Gasteiger partial charge < -0.3 is 15.4 Å². The Morgan fingerprint density at radius 3 is 2.45 bits per heavy atom. The van der Waals surface area contributed by atoms with E-state index in [9.17, 15) is 0 Å². The van der Waals surface area contributed by atoms with Crippen LogP contribution in [0.2, 0.25) is 5.02 Å². The van der Waals surface area contributed by atoms with Gasteiger partial charge in [0.15, 0.2) is 5.96 Å². The van der Waals surface area contributed by atoms with E-state index in [1.54, 1.807) is 0 Å². The molecule has 0 bridgehead atoms. The van der Waals surface area contributed by atoms with Crippen LogP contribution < -0.4 is 5.73 Å². The van der Waals surface area contributed by atoms with Gasteiger partial charge in [-0.3, -0.25) is 4.99 Å². The molecule has 1 aliphatic heterocycles. The molecule has 2 aliphatic rings. The number of benzene rings is 1. The predicted molar refractivity (Wildman–Crippen MR) is 90.5 cm³/mol. The molecule has 2 fully saturated rings. The van der Waals surface area contributed by atoms with Gasteiger partial charge in [-0.1, -0.05) is 36.6 Å². The second kappa shape index (κ2) is 6.88. The Kier molecular flexibility index (Phi) is 4.89. The molecule has 0 aromatic heterocycles. The molecule has 120 valence electrons. The third-order valence-corrected chi connectivity index (χ3v) is 5.15. The third kappa shape index (κ3) is 3.39. The van der Waals surface area contributed by atoms with Crippen molar-refractivity contribution >= 4 is 17.6 Å². The van der Waals surface area contributed by atoms with E-state index in [1.807, 2.05) is 12.1 Å². The molecule has 5 heteroatoms. The number of morpholine rings is 1. The number of rotatable bonds is 3. The molecule has 4 nitrogen and oxygen atoms in total. The van der Waals surface area contributed by atoms with Crippen molar-refractivity contribution in [2.24, 2.45) is 10.7 Å². The van der Waals surface area contributed by atoms with Gasteiger partial charge in [0.05, 0.1) is 19.8 Å². The largest absolute Gasteiger partial charge is 0.378 e. The standard InChI is InChI=1S/C17H24ClN3O/c18-15-5-3-14(4-6-15)17(7-1-2-8-17)13-20-16(19)21-9-11-22-12-10-21/h3-6H,1-2,7-13H2,(H2,19,20). The molecule has 0 unspecified atom stereocenters. The summed E-state index contributed by atoms with van der Waals surface area (Å²) < 4.78 is 5.36. The van der Waals surface area contributed by atoms with E-state index in [-0.39, 0.29) is 5.41 Å². The Bertz CT molecular complexity index is 517. The first-order valence-electron chi connectivity index (χ1n) is 8.08. The highest BCUT2D eigenvalue weighted by Gasteiger charge is 2.35. The first-order chi connectivity index (χ1) is 10.7. The van der Waals surface area contributed by atoms with Crippen molar-refractivity contribution in [1.29, 1.82) is 0 Å². The van der Waals surface area contributed by atoms with Gasteiger partial charge in [-0.05, 0) is 30.5 Å². The van der Waals surface area contributed by atoms with Crippen molar-refractivity contribution in [3.8, 4) is 0 Å². The minimum atomic E-state index is 0.126. The minimum Gasteiger partial charge on any atom is -0.378 e.